The summed E-state index contributed by atoms with van der Waals surface area (Å²) in [5.74, 6) is -2.18. The van der Waals surface area contributed by atoms with Gasteiger partial charge in [-0.1, -0.05) is 0 Å². The molecular formula is C15H11F4NO4. The van der Waals surface area contributed by atoms with Gasteiger partial charge in [0.05, 0.1) is 5.56 Å². The summed E-state index contributed by atoms with van der Waals surface area (Å²) in [6, 6.07) is 9.04. The van der Waals surface area contributed by atoms with Crippen molar-refractivity contribution in [1.82, 2.24) is 0 Å². The Kier molecular flexibility index (Phi) is 5.46. The predicted molar refractivity (Wildman–Crippen MR) is 76.4 cm³/mol. The lowest BCUT2D eigenvalue weighted by molar-refractivity contribution is -0.0691. The van der Waals surface area contributed by atoms with Gasteiger partial charge < -0.3 is 19.9 Å². The highest BCUT2D eigenvalue weighted by Crippen LogP contribution is 2.34. The Hall–Kier alpha value is -2.97. The number of hydrogen-bond donors (Lipinski definition) is 2. The van der Waals surface area contributed by atoms with Gasteiger partial charge in [0.2, 0.25) is 0 Å². The smallest absolute Gasteiger partial charge is 0.387 e. The highest BCUT2D eigenvalue weighted by atomic mass is 19.3. The van der Waals surface area contributed by atoms with Gasteiger partial charge in [-0.05, 0) is 36.4 Å². The van der Waals surface area contributed by atoms with Gasteiger partial charge in [-0.25, -0.2) is 4.79 Å². The van der Waals surface area contributed by atoms with E-state index in [1.165, 1.54) is 30.3 Å². The van der Waals surface area contributed by atoms with Crippen molar-refractivity contribution in [3.63, 3.8) is 0 Å². The lowest BCUT2D eigenvalue weighted by atomic mass is 10.2. The van der Waals surface area contributed by atoms with Gasteiger partial charge in [-0.3, -0.25) is 0 Å². The van der Waals surface area contributed by atoms with E-state index in [4.69, 9.17) is 5.11 Å². The Morgan fingerprint density at radius 3 is 1.96 bits per heavy atom. The van der Waals surface area contributed by atoms with Gasteiger partial charge in [0.15, 0.2) is 11.5 Å². The number of aromatic carboxylic acids is 1. The Balaban J connectivity index is 2.21. The Bertz CT molecular complexity index is 707. The first kappa shape index (κ1) is 17.4. The zero-order valence-electron chi connectivity index (χ0n) is 11.9. The molecule has 24 heavy (non-hydrogen) atoms. The number of benzene rings is 2. The summed E-state index contributed by atoms with van der Waals surface area (Å²) in [4.78, 5) is 10.8. The van der Waals surface area contributed by atoms with E-state index in [-0.39, 0.29) is 11.3 Å². The van der Waals surface area contributed by atoms with Crippen LogP contribution in [-0.4, -0.2) is 24.3 Å². The van der Waals surface area contributed by atoms with Crippen molar-refractivity contribution in [2.75, 3.05) is 5.32 Å². The number of carbonyl (C=O) groups is 1. The van der Waals surface area contributed by atoms with Crippen LogP contribution < -0.4 is 14.8 Å². The van der Waals surface area contributed by atoms with Crippen molar-refractivity contribution in [1.29, 1.82) is 0 Å². The third-order valence-corrected chi connectivity index (χ3v) is 2.80. The molecule has 0 fully saturated rings. The van der Waals surface area contributed by atoms with E-state index in [1.807, 2.05) is 0 Å². The van der Waals surface area contributed by atoms with Crippen LogP contribution in [0.5, 0.6) is 11.5 Å². The minimum atomic E-state index is -3.21. The second kappa shape index (κ2) is 7.53. The Labute approximate surface area is 133 Å². The Morgan fingerprint density at radius 2 is 1.42 bits per heavy atom. The molecule has 0 saturated heterocycles. The molecule has 0 spiro atoms. The third kappa shape index (κ3) is 4.77. The highest BCUT2D eigenvalue weighted by Gasteiger charge is 2.15. The van der Waals surface area contributed by atoms with Crippen molar-refractivity contribution in [3.8, 4) is 11.5 Å². The van der Waals surface area contributed by atoms with E-state index in [0.29, 0.717) is 5.69 Å². The van der Waals surface area contributed by atoms with Crippen LogP contribution in [0.4, 0.5) is 28.9 Å². The van der Waals surface area contributed by atoms with Crippen LogP contribution in [0.3, 0.4) is 0 Å². The predicted octanol–water partition coefficient (Wildman–Crippen LogP) is 4.33. The maximum Gasteiger partial charge on any atom is 0.387 e. The number of nitrogens with one attached hydrogen (secondary N) is 1. The fourth-order valence-corrected chi connectivity index (χ4v) is 1.83. The summed E-state index contributed by atoms with van der Waals surface area (Å²) in [5, 5.41) is 11.6. The van der Waals surface area contributed by atoms with E-state index in [0.717, 1.165) is 12.1 Å². The average Bonchev–Trinajstić information content (AvgIpc) is 2.49. The number of carboxylic acids is 1. The van der Waals surface area contributed by atoms with Crippen molar-refractivity contribution in [2.24, 2.45) is 0 Å². The summed E-state index contributed by atoms with van der Waals surface area (Å²) in [5.41, 5.74) is 0.795. The SMILES string of the molecule is O=C(O)c1ccc(Nc2ccc(OC(F)F)c(OC(F)F)c2)cc1. The summed E-state index contributed by atoms with van der Waals surface area (Å²) >= 11 is 0. The first-order valence-electron chi connectivity index (χ1n) is 6.49. The zero-order valence-corrected chi connectivity index (χ0v) is 11.9. The first-order valence-corrected chi connectivity index (χ1v) is 6.49. The quantitative estimate of drug-likeness (QED) is 0.731. The number of alkyl halides is 4. The molecule has 2 aromatic carbocycles. The number of hydrogen-bond acceptors (Lipinski definition) is 4. The van der Waals surface area contributed by atoms with Gasteiger partial charge in [0, 0.05) is 17.4 Å². The van der Waals surface area contributed by atoms with Gasteiger partial charge in [0.1, 0.15) is 0 Å². The fourth-order valence-electron chi connectivity index (χ4n) is 1.83. The minimum Gasteiger partial charge on any atom is -0.478 e. The van der Waals surface area contributed by atoms with Crippen LogP contribution in [0.2, 0.25) is 0 Å². The number of ether oxygens (including phenoxy) is 2. The molecule has 2 N–H and O–H groups in total. The van der Waals surface area contributed by atoms with E-state index in [1.54, 1.807) is 0 Å². The molecule has 0 saturated carbocycles. The molecule has 0 radical (unpaired) electrons. The summed E-state index contributed by atoms with van der Waals surface area (Å²) in [6.45, 7) is -6.40. The molecule has 0 atom stereocenters. The third-order valence-electron chi connectivity index (χ3n) is 2.80. The first-order chi connectivity index (χ1) is 11.3. The lowest BCUT2D eigenvalue weighted by Gasteiger charge is -2.14. The minimum absolute atomic E-state index is 0.0722. The second-order valence-electron chi connectivity index (χ2n) is 4.43. The fraction of sp³-hybridized carbons (Fsp3) is 0.133. The molecule has 0 heterocycles. The molecule has 0 aromatic heterocycles. The Morgan fingerprint density at radius 1 is 0.875 bits per heavy atom. The molecule has 0 amide bonds. The molecule has 2 aromatic rings. The zero-order chi connectivity index (χ0) is 17.7. The molecule has 0 unspecified atom stereocenters. The average molecular weight is 345 g/mol. The summed E-state index contributed by atoms with van der Waals surface area (Å²) < 4.78 is 57.5. The maximum atomic E-state index is 12.4. The van der Waals surface area contributed by atoms with Crippen LogP contribution in [0.25, 0.3) is 0 Å². The van der Waals surface area contributed by atoms with Gasteiger partial charge in [-0.2, -0.15) is 17.6 Å². The molecule has 128 valence electrons. The van der Waals surface area contributed by atoms with Crippen LogP contribution in [0, 0.1) is 0 Å². The van der Waals surface area contributed by atoms with E-state index in [9.17, 15) is 22.4 Å². The number of anilines is 2. The molecule has 5 nitrogen and oxygen atoms in total. The molecular weight excluding hydrogens is 334 g/mol. The number of halogens is 4. The van der Waals surface area contributed by atoms with Gasteiger partial charge in [-0.15, -0.1) is 0 Å². The van der Waals surface area contributed by atoms with Gasteiger partial charge in [0.25, 0.3) is 0 Å². The molecule has 0 aliphatic rings. The standard InChI is InChI=1S/C15H11F4NO4/c16-14(17)23-11-6-5-10(7-12(11)24-15(18)19)20-9-3-1-8(2-4-9)13(21)22/h1-7,14-15,20H,(H,21,22). The number of rotatable bonds is 7. The van der Waals surface area contributed by atoms with Crippen molar-refractivity contribution in [3.05, 3.63) is 48.0 Å². The number of carboxylic acid groups (broad SMARTS) is 1. The van der Waals surface area contributed by atoms with Crippen molar-refractivity contribution < 1.29 is 36.9 Å². The van der Waals surface area contributed by atoms with E-state index < -0.39 is 30.7 Å². The van der Waals surface area contributed by atoms with Crippen LogP contribution in [0.1, 0.15) is 10.4 Å². The monoisotopic (exact) mass is 345 g/mol. The van der Waals surface area contributed by atoms with Gasteiger partial charge >= 0.3 is 19.2 Å². The molecule has 0 aliphatic heterocycles. The largest absolute Gasteiger partial charge is 0.478 e. The second-order valence-corrected chi connectivity index (χ2v) is 4.43. The lowest BCUT2D eigenvalue weighted by Crippen LogP contribution is -2.08. The molecule has 2 rings (SSSR count). The van der Waals surface area contributed by atoms with Crippen molar-refractivity contribution in [2.45, 2.75) is 13.2 Å². The summed E-state index contributed by atoms with van der Waals surface area (Å²) in [7, 11) is 0. The molecule has 0 aliphatic carbocycles. The van der Waals surface area contributed by atoms with Crippen molar-refractivity contribution >= 4 is 17.3 Å². The van der Waals surface area contributed by atoms with Crippen LogP contribution in [-0.2, 0) is 0 Å². The van der Waals surface area contributed by atoms with E-state index >= 15 is 0 Å². The molecule has 9 heteroatoms. The summed E-state index contributed by atoms with van der Waals surface area (Å²) in [6.07, 6.45) is 0. The molecule has 0 bridgehead atoms. The van der Waals surface area contributed by atoms with E-state index in [2.05, 4.69) is 14.8 Å². The topological polar surface area (TPSA) is 67.8 Å². The highest BCUT2D eigenvalue weighted by molar-refractivity contribution is 5.88. The van der Waals surface area contributed by atoms with Crippen LogP contribution in [0.15, 0.2) is 42.5 Å². The normalized spacial score (nSPS) is 10.8. The van der Waals surface area contributed by atoms with Crippen LogP contribution >= 0.6 is 0 Å². The maximum absolute atomic E-state index is 12.4.